The fraction of sp³-hybridized carbons (Fsp3) is 0.190. The summed E-state index contributed by atoms with van der Waals surface area (Å²) in [5, 5.41) is 5.47. The van der Waals surface area contributed by atoms with Gasteiger partial charge in [0.25, 0.3) is 5.56 Å². The van der Waals surface area contributed by atoms with Gasteiger partial charge in [0.1, 0.15) is 18.2 Å². The molecular formula is C21H19BrClN3O2. The molecule has 0 amide bonds. The molecule has 0 aliphatic heterocycles. The average Bonchev–Trinajstić information content (AvgIpc) is 2.68. The highest BCUT2D eigenvalue weighted by Crippen LogP contribution is 2.22. The second kappa shape index (κ2) is 9.17. The summed E-state index contributed by atoms with van der Waals surface area (Å²) in [6.07, 6.45) is 4.70. The lowest BCUT2D eigenvalue weighted by atomic mass is 10.2. The lowest BCUT2D eigenvalue weighted by Gasteiger charge is -2.10. The van der Waals surface area contributed by atoms with Gasteiger partial charge in [0.2, 0.25) is 0 Å². The Morgan fingerprint density at radius 1 is 1.32 bits per heavy atom. The van der Waals surface area contributed by atoms with Crippen LogP contribution in [0.2, 0.25) is 5.02 Å². The van der Waals surface area contributed by atoms with E-state index in [2.05, 4.69) is 32.6 Å². The Bertz CT molecular complexity index is 1110. The number of benzene rings is 2. The molecule has 0 aliphatic carbocycles. The molecule has 2 aromatic carbocycles. The van der Waals surface area contributed by atoms with Crippen molar-refractivity contribution in [3.63, 3.8) is 0 Å². The second-order valence-corrected chi connectivity index (χ2v) is 7.43. The van der Waals surface area contributed by atoms with Crippen LogP contribution in [0.4, 0.5) is 0 Å². The summed E-state index contributed by atoms with van der Waals surface area (Å²) in [6.45, 7) is 6.04. The summed E-state index contributed by atoms with van der Waals surface area (Å²) in [6, 6.07) is 10.7. The number of aryl methyl sites for hydroxylation is 1. The molecule has 0 saturated heterocycles. The first-order chi connectivity index (χ1) is 13.5. The molecule has 144 valence electrons. The lowest BCUT2D eigenvalue weighted by molar-refractivity contribution is 0.362. The van der Waals surface area contributed by atoms with E-state index in [1.807, 2.05) is 19.1 Å². The predicted octanol–water partition coefficient (Wildman–Crippen LogP) is 5.21. The summed E-state index contributed by atoms with van der Waals surface area (Å²) >= 11 is 9.52. The smallest absolute Gasteiger partial charge is 0.282 e. The van der Waals surface area contributed by atoms with Gasteiger partial charge < -0.3 is 4.74 Å². The van der Waals surface area contributed by atoms with E-state index in [0.717, 1.165) is 10.9 Å². The van der Waals surface area contributed by atoms with Crippen molar-refractivity contribution in [3.05, 3.63) is 80.3 Å². The van der Waals surface area contributed by atoms with Crippen LogP contribution < -0.4 is 10.3 Å². The average molecular weight is 461 g/mol. The fourth-order valence-electron chi connectivity index (χ4n) is 2.72. The van der Waals surface area contributed by atoms with Gasteiger partial charge in [-0.3, -0.25) is 4.79 Å². The van der Waals surface area contributed by atoms with Gasteiger partial charge in [0.15, 0.2) is 0 Å². The second-order valence-electron chi connectivity index (χ2n) is 6.08. The third-order valence-corrected chi connectivity index (χ3v) is 4.72. The molecule has 0 aliphatic rings. The van der Waals surface area contributed by atoms with E-state index in [9.17, 15) is 4.79 Å². The molecule has 28 heavy (non-hydrogen) atoms. The number of fused-ring (bicyclic) bond motifs is 1. The van der Waals surface area contributed by atoms with Gasteiger partial charge in [-0.1, -0.05) is 47.1 Å². The van der Waals surface area contributed by atoms with Gasteiger partial charge in [0.05, 0.1) is 17.1 Å². The van der Waals surface area contributed by atoms with Crippen LogP contribution in [0.15, 0.2) is 63.4 Å². The summed E-state index contributed by atoms with van der Waals surface area (Å²) in [5.74, 6) is 1.21. The maximum atomic E-state index is 13.0. The van der Waals surface area contributed by atoms with Gasteiger partial charge in [-0.2, -0.15) is 9.78 Å². The highest BCUT2D eigenvalue weighted by molar-refractivity contribution is 9.10. The van der Waals surface area contributed by atoms with Crippen LogP contribution in [0.25, 0.3) is 10.9 Å². The van der Waals surface area contributed by atoms with Crippen molar-refractivity contribution >= 4 is 44.6 Å². The first kappa shape index (κ1) is 20.3. The van der Waals surface area contributed by atoms with Crippen molar-refractivity contribution < 1.29 is 4.74 Å². The molecule has 0 unspecified atom stereocenters. The standard InChI is InChI=1S/C21H19BrClN3O2/c1-3-5-20-25-18-8-6-15(22)12-17(18)21(27)26(20)24-13-14-11-16(23)7-9-19(14)28-10-4-2/h4,6-9,11-13H,2-3,5,10H2,1H3. The maximum absolute atomic E-state index is 13.0. The Morgan fingerprint density at radius 3 is 2.89 bits per heavy atom. The van der Waals surface area contributed by atoms with Gasteiger partial charge in [-0.15, -0.1) is 0 Å². The molecule has 0 N–H and O–H groups in total. The molecule has 0 atom stereocenters. The van der Waals surface area contributed by atoms with E-state index >= 15 is 0 Å². The van der Waals surface area contributed by atoms with Crippen LogP contribution in [0.1, 0.15) is 24.7 Å². The van der Waals surface area contributed by atoms with E-state index in [4.69, 9.17) is 16.3 Å². The Balaban J connectivity index is 2.12. The first-order valence-electron chi connectivity index (χ1n) is 8.82. The van der Waals surface area contributed by atoms with Gasteiger partial charge >= 0.3 is 0 Å². The molecule has 3 aromatic rings. The van der Waals surface area contributed by atoms with E-state index in [1.54, 1.807) is 36.6 Å². The molecule has 7 heteroatoms. The topological polar surface area (TPSA) is 56.5 Å². The Morgan fingerprint density at radius 2 is 2.14 bits per heavy atom. The maximum Gasteiger partial charge on any atom is 0.282 e. The quantitative estimate of drug-likeness (QED) is 0.359. The zero-order valence-electron chi connectivity index (χ0n) is 15.4. The molecule has 0 spiro atoms. The number of hydrogen-bond acceptors (Lipinski definition) is 4. The minimum Gasteiger partial charge on any atom is -0.489 e. The van der Waals surface area contributed by atoms with Crippen LogP contribution >= 0.6 is 27.5 Å². The van der Waals surface area contributed by atoms with Gasteiger partial charge in [0, 0.05) is 21.5 Å². The van der Waals surface area contributed by atoms with Crippen molar-refractivity contribution in [2.75, 3.05) is 6.61 Å². The number of ether oxygens (including phenoxy) is 1. The molecule has 3 rings (SSSR count). The predicted molar refractivity (Wildman–Crippen MR) is 118 cm³/mol. The molecule has 0 saturated carbocycles. The largest absolute Gasteiger partial charge is 0.489 e. The highest BCUT2D eigenvalue weighted by Gasteiger charge is 2.11. The number of hydrogen-bond donors (Lipinski definition) is 0. The number of aromatic nitrogens is 2. The van der Waals surface area contributed by atoms with Crippen LogP contribution in [-0.4, -0.2) is 22.5 Å². The zero-order chi connectivity index (χ0) is 20.1. The minimum absolute atomic E-state index is 0.221. The Kier molecular flexibility index (Phi) is 6.65. The van der Waals surface area contributed by atoms with Crippen LogP contribution in [0, 0.1) is 0 Å². The SMILES string of the molecule is C=CCOc1ccc(Cl)cc1C=Nn1c(CCC)nc2ccc(Br)cc2c1=O. The van der Waals surface area contributed by atoms with Crippen molar-refractivity contribution in [2.24, 2.45) is 5.10 Å². The Labute approximate surface area is 176 Å². The first-order valence-corrected chi connectivity index (χ1v) is 9.99. The summed E-state index contributed by atoms with van der Waals surface area (Å²) in [4.78, 5) is 17.7. The summed E-state index contributed by atoms with van der Waals surface area (Å²) in [7, 11) is 0. The molecular weight excluding hydrogens is 442 g/mol. The molecule has 1 heterocycles. The van der Waals surface area contributed by atoms with Gasteiger partial charge in [-0.25, -0.2) is 4.98 Å². The normalized spacial score (nSPS) is 11.2. The summed E-state index contributed by atoms with van der Waals surface area (Å²) in [5.41, 5.74) is 1.10. The monoisotopic (exact) mass is 459 g/mol. The van der Waals surface area contributed by atoms with Crippen molar-refractivity contribution in [2.45, 2.75) is 19.8 Å². The van der Waals surface area contributed by atoms with Crippen molar-refractivity contribution in [1.82, 2.24) is 9.66 Å². The number of nitrogens with zero attached hydrogens (tertiary/aromatic N) is 3. The third kappa shape index (κ3) is 4.51. The van der Waals surface area contributed by atoms with E-state index in [-0.39, 0.29) is 5.56 Å². The fourth-order valence-corrected chi connectivity index (χ4v) is 3.26. The van der Waals surface area contributed by atoms with Crippen LogP contribution in [-0.2, 0) is 6.42 Å². The van der Waals surface area contributed by atoms with Gasteiger partial charge in [-0.05, 0) is 42.8 Å². The number of halogens is 2. The van der Waals surface area contributed by atoms with E-state index in [0.29, 0.717) is 46.1 Å². The van der Waals surface area contributed by atoms with Crippen molar-refractivity contribution in [1.29, 1.82) is 0 Å². The van der Waals surface area contributed by atoms with E-state index in [1.165, 1.54) is 4.68 Å². The third-order valence-electron chi connectivity index (χ3n) is 3.99. The minimum atomic E-state index is -0.221. The molecule has 1 aromatic heterocycles. The molecule has 0 radical (unpaired) electrons. The highest BCUT2D eigenvalue weighted by atomic mass is 79.9. The lowest BCUT2D eigenvalue weighted by Crippen LogP contribution is -2.22. The van der Waals surface area contributed by atoms with Crippen LogP contribution in [0.5, 0.6) is 5.75 Å². The zero-order valence-corrected chi connectivity index (χ0v) is 17.7. The Hall–Kier alpha value is -2.44. The summed E-state index contributed by atoms with van der Waals surface area (Å²) < 4.78 is 7.80. The van der Waals surface area contributed by atoms with E-state index < -0.39 is 0 Å². The molecule has 0 bridgehead atoms. The number of rotatable bonds is 7. The van der Waals surface area contributed by atoms with Crippen LogP contribution in [0.3, 0.4) is 0 Å². The molecule has 5 nitrogen and oxygen atoms in total. The molecule has 0 fully saturated rings. The van der Waals surface area contributed by atoms with Crippen molar-refractivity contribution in [3.8, 4) is 5.75 Å².